The number of amides is 1. The zero-order valence-corrected chi connectivity index (χ0v) is 11.3. The fraction of sp³-hybridized carbons (Fsp3) is 0.462. The Labute approximate surface area is 116 Å². The molecule has 1 fully saturated rings. The summed E-state index contributed by atoms with van der Waals surface area (Å²) in [6.45, 7) is 2.39. The number of hydrogen-bond donors (Lipinski definition) is 3. The number of nitrogens with one attached hydrogen (secondary N) is 1. The maximum Gasteiger partial charge on any atom is 0.270 e. The Bertz CT molecular complexity index is 557. The largest absolute Gasteiger partial charge is 0.378 e. The number of nitrogens with zero attached hydrogens (tertiary/aromatic N) is 1. The predicted molar refractivity (Wildman–Crippen MR) is 75.4 cm³/mol. The Balaban J connectivity index is 2.35. The summed E-state index contributed by atoms with van der Waals surface area (Å²) in [5.74, 6) is -0.255. The Morgan fingerprint density at radius 3 is 2.65 bits per heavy atom. The number of primary amides is 1. The van der Waals surface area contributed by atoms with E-state index >= 15 is 0 Å². The van der Waals surface area contributed by atoms with Crippen LogP contribution in [0.3, 0.4) is 0 Å². The predicted octanol–water partition coefficient (Wildman–Crippen LogP) is 1.23. The Hall–Kier alpha value is -2.15. The summed E-state index contributed by atoms with van der Waals surface area (Å²) < 4.78 is 0. The van der Waals surface area contributed by atoms with E-state index in [1.807, 2.05) is 6.92 Å². The lowest BCUT2D eigenvalue weighted by atomic mass is 9.94. The minimum atomic E-state index is -0.702. The normalized spacial score (nSPS) is 17.3. The van der Waals surface area contributed by atoms with E-state index in [2.05, 4.69) is 5.32 Å². The molecule has 1 aromatic rings. The molecule has 1 aliphatic rings. The lowest BCUT2D eigenvalue weighted by Gasteiger charge is -2.31. The zero-order chi connectivity index (χ0) is 14.9. The van der Waals surface area contributed by atoms with Gasteiger partial charge in [-0.1, -0.05) is 0 Å². The molecule has 2 rings (SSSR count). The third-order valence-corrected chi connectivity index (χ3v) is 3.80. The summed E-state index contributed by atoms with van der Waals surface area (Å²) in [7, 11) is 0. The van der Waals surface area contributed by atoms with E-state index in [9.17, 15) is 14.9 Å². The molecule has 1 atom stereocenters. The zero-order valence-electron chi connectivity index (χ0n) is 11.3. The molecular formula is C13H18N4O3. The Morgan fingerprint density at radius 2 is 2.20 bits per heavy atom. The van der Waals surface area contributed by atoms with Crippen molar-refractivity contribution >= 4 is 17.3 Å². The van der Waals surface area contributed by atoms with Crippen molar-refractivity contribution in [3.8, 4) is 0 Å². The van der Waals surface area contributed by atoms with Gasteiger partial charge in [-0.05, 0) is 31.7 Å². The monoisotopic (exact) mass is 278 g/mol. The molecule has 5 N–H and O–H groups in total. The molecular weight excluding hydrogens is 260 g/mol. The molecule has 1 unspecified atom stereocenters. The molecule has 20 heavy (non-hydrogen) atoms. The van der Waals surface area contributed by atoms with Gasteiger partial charge in [0.1, 0.15) is 0 Å². The highest BCUT2D eigenvalue weighted by Gasteiger charge is 2.41. The molecule has 0 saturated heterocycles. The smallest absolute Gasteiger partial charge is 0.270 e. The topological polar surface area (TPSA) is 124 Å². The van der Waals surface area contributed by atoms with Crippen molar-refractivity contribution in [1.29, 1.82) is 0 Å². The van der Waals surface area contributed by atoms with E-state index in [1.165, 1.54) is 18.2 Å². The van der Waals surface area contributed by atoms with Crippen LogP contribution >= 0.6 is 0 Å². The van der Waals surface area contributed by atoms with Gasteiger partial charge in [-0.25, -0.2) is 0 Å². The van der Waals surface area contributed by atoms with Crippen LogP contribution in [-0.2, 0) is 0 Å². The summed E-state index contributed by atoms with van der Waals surface area (Å²) in [6, 6.07) is 4.04. The van der Waals surface area contributed by atoms with E-state index in [1.54, 1.807) is 0 Å². The number of nitro benzene ring substituents is 1. The molecule has 0 spiro atoms. The number of carbonyl (C=O) groups excluding carboxylic acids is 1. The number of benzene rings is 1. The molecule has 1 aliphatic carbocycles. The highest BCUT2D eigenvalue weighted by molar-refractivity contribution is 5.99. The van der Waals surface area contributed by atoms with Gasteiger partial charge in [0.05, 0.1) is 10.5 Å². The van der Waals surface area contributed by atoms with Crippen LogP contribution < -0.4 is 16.8 Å². The average molecular weight is 278 g/mol. The van der Waals surface area contributed by atoms with Crippen molar-refractivity contribution < 1.29 is 9.72 Å². The lowest BCUT2D eigenvalue weighted by molar-refractivity contribution is -0.384. The van der Waals surface area contributed by atoms with Crippen molar-refractivity contribution in [3.63, 3.8) is 0 Å². The van der Waals surface area contributed by atoms with E-state index in [0.29, 0.717) is 18.2 Å². The van der Waals surface area contributed by atoms with Gasteiger partial charge >= 0.3 is 0 Å². The van der Waals surface area contributed by atoms with Crippen molar-refractivity contribution in [1.82, 2.24) is 0 Å². The molecule has 7 nitrogen and oxygen atoms in total. The molecule has 0 aliphatic heterocycles. The van der Waals surface area contributed by atoms with Gasteiger partial charge in [0.15, 0.2) is 0 Å². The van der Waals surface area contributed by atoms with Crippen LogP contribution in [0.15, 0.2) is 18.2 Å². The summed E-state index contributed by atoms with van der Waals surface area (Å²) in [6.07, 6.45) is 2.17. The second-order valence-corrected chi connectivity index (χ2v) is 5.37. The van der Waals surface area contributed by atoms with Gasteiger partial charge in [-0.15, -0.1) is 0 Å². The summed E-state index contributed by atoms with van der Waals surface area (Å²) in [5, 5.41) is 14.0. The first-order valence-electron chi connectivity index (χ1n) is 6.44. The van der Waals surface area contributed by atoms with Gasteiger partial charge in [-0.3, -0.25) is 14.9 Å². The SMILES string of the molecule is CC(CN)(Nc1ccc([N+](=O)[O-])cc1C(N)=O)C1CC1. The molecule has 1 amide bonds. The van der Waals surface area contributed by atoms with Crippen molar-refractivity contribution in [2.75, 3.05) is 11.9 Å². The first-order valence-corrected chi connectivity index (χ1v) is 6.44. The van der Waals surface area contributed by atoms with Crippen molar-refractivity contribution in [2.45, 2.75) is 25.3 Å². The molecule has 0 aromatic heterocycles. The minimum absolute atomic E-state index is 0.111. The molecule has 7 heteroatoms. The van der Waals surface area contributed by atoms with Crippen LogP contribution in [0.5, 0.6) is 0 Å². The van der Waals surface area contributed by atoms with Gasteiger partial charge in [0, 0.05) is 29.9 Å². The van der Waals surface area contributed by atoms with Crippen LogP contribution in [0.2, 0.25) is 0 Å². The minimum Gasteiger partial charge on any atom is -0.378 e. The quantitative estimate of drug-likeness (QED) is 0.533. The van der Waals surface area contributed by atoms with Crippen molar-refractivity contribution in [2.24, 2.45) is 17.4 Å². The standard InChI is InChI=1S/C13H18N4O3/c1-13(7-14,8-2-3-8)16-11-5-4-9(17(19)20)6-10(11)12(15)18/h4-6,8,16H,2-3,7,14H2,1H3,(H2,15,18). The van der Waals surface area contributed by atoms with Gasteiger partial charge in [-0.2, -0.15) is 0 Å². The van der Waals surface area contributed by atoms with Crippen LogP contribution in [0.25, 0.3) is 0 Å². The highest BCUT2D eigenvalue weighted by Crippen LogP contribution is 2.41. The summed E-state index contributed by atoms with van der Waals surface area (Å²) in [5.41, 5.74) is 11.2. The van der Waals surface area contributed by atoms with Crippen LogP contribution in [0.1, 0.15) is 30.1 Å². The third-order valence-electron chi connectivity index (χ3n) is 3.80. The fourth-order valence-corrected chi connectivity index (χ4v) is 2.31. The number of hydrogen-bond acceptors (Lipinski definition) is 5. The molecule has 108 valence electrons. The Kier molecular flexibility index (Phi) is 3.63. The highest BCUT2D eigenvalue weighted by atomic mass is 16.6. The number of nitro groups is 1. The first-order chi connectivity index (χ1) is 9.37. The van der Waals surface area contributed by atoms with Gasteiger partial charge in [0.2, 0.25) is 0 Å². The number of nitrogens with two attached hydrogens (primary N) is 2. The van der Waals surface area contributed by atoms with Crippen molar-refractivity contribution in [3.05, 3.63) is 33.9 Å². The second-order valence-electron chi connectivity index (χ2n) is 5.37. The fourth-order valence-electron chi connectivity index (χ4n) is 2.31. The summed E-state index contributed by atoms with van der Waals surface area (Å²) >= 11 is 0. The number of rotatable bonds is 6. The molecule has 0 radical (unpaired) electrons. The second kappa shape index (κ2) is 5.09. The Morgan fingerprint density at radius 1 is 1.55 bits per heavy atom. The molecule has 0 bridgehead atoms. The number of anilines is 1. The van der Waals surface area contributed by atoms with Gasteiger partial charge < -0.3 is 16.8 Å². The van der Waals surface area contributed by atoms with Crippen LogP contribution in [-0.4, -0.2) is 22.9 Å². The molecule has 1 aromatic carbocycles. The lowest BCUT2D eigenvalue weighted by Crippen LogP contribution is -2.45. The average Bonchev–Trinajstić information content (AvgIpc) is 3.23. The van der Waals surface area contributed by atoms with E-state index in [4.69, 9.17) is 11.5 Å². The molecule has 0 heterocycles. The van der Waals surface area contributed by atoms with Gasteiger partial charge in [0.25, 0.3) is 11.6 Å². The first kappa shape index (κ1) is 14.3. The maximum atomic E-state index is 11.5. The third kappa shape index (κ3) is 2.72. The van der Waals surface area contributed by atoms with E-state index in [0.717, 1.165) is 12.8 Å². The van der Waals surface area contributed by atoms with Crippen LogP contribution in [0, 0.1) is 16.0 Å². The molecule has 1 saturated carbocycles. The van der Waals surface area contributed by atoms with E-state index in [-0.39, 0.29) is 16.8 Å². The number of non-ortho nitro benzene ring substituents is 1. The number of carbonyl (C=O) groups is 1. The van der Waals surface area contributed by atoms with E-state index < -0.39 is 10.8 Å². The maximum absolute atomic E-state index is 11.5. The summed E-state index contributed by atoms with van der Waals surface area (Å²) in [4.78, 5) is 21.7. The van der Waals surface area contributed by atoms with Crippen LogP contribution in [0.4, 0.5) is 11.4 Å².